The Balaban J connectivity index is 1.62. The second-order valence-corrected chi connectivity index (χ2v) is 8.28. The summed E-state index contributed by atoms with van der Waals surface area (Å²) in [4.78, 5) is 2.25. The zero-order valence-corrected chi connectivity index (χ0v) is 17.8. The molecule has 8 heteroatoms. The van der Waals surface area contributed by atoms with Gasteiger partial charge >= 0.3 is 0 Å². The van der Waals surface area contributed by atoms with Crippen molar-refractivity contribution >= 4 is 22.2 Å². The fourth-order valence-corrected chi connectivity index (χ4v) is 4.28. The van der Waals surface area contributed by atoms with Crippen molar-refractivity contribution in [1.29, 1.82) is 5.26 Å². The summed E-state index contributed by atoms with van der Waals surface area (Å²) in [6.07, 6.45) is 5.86. The lowest BCUT2D eigenvalue weighted by atomic mass is 9.96. The summed E-state index contributed by atoms with van der Waals surface area (Å²) in [5.41, 5.74) is 17.0. The molecule has 2 aromatic carbocycles. The van der Waals surface area contributed by atoms with Crippen molar-refractivity contribution in [3.05, 3.63) is 77.0 Å². The van der Waals surface area contributed by atoms with E-state index in [4.69, 9.17) is 11.0 Å². The fourth-order valence-electron chi connectivity index (χ4n) is 4.28. The monoisotopic (exact) mass is 429 g/mol. The number of nitrogens with one attached hydrogen (secondary N) is 2. The van der Waals surface area contributed by atoms with Gasteiger partial charge in [0.05, 0.1) is 16.8 Å². The third-order valence-corrected chi connectivity index (χ3v) is 6.05. The smallest absolute Gasteiger partial charge is 0.141 e. The number of nitrogens with zero attached hydrogens (tertiary/aromatic N) is 4. The molecular formula is C24H24FN7. The van der Waals surface area contributed by atoms with Gasteiger partial charge < -0.3 is 10.6 Å². The summed E-state index contributed by atoms with van der Waals surface area (Å²) in [6.45, 7) is 1.71. The van der Waals surface area contributed by atoms with Gasteiger partial charge in [0.15, 0.2) is 0 Å². The molecule has 2 aliphatic heterocycles. The molecule has 32 heavy (non-hydrogen) atoms. The Kier molecular flexibility index (Phi) is 5.04. The van der Waals surface area contributed by atoms with Crippen molar-refractivity contribution in [3.63, 3.8) is 0 Å². The number of rotatable bonds is 3. The molecule has 3 aromatic rings. The van der Waals surface area contributed by atoms with Gasteiger partial charge in [0.25, 0.3) is 0 Å². The molecule has 0 bridgehead atoms. The second-order valence-electron chi connectivity index (χ2n) is 8.28. The summed E-state index contributed by atoms with van der Waals surface area (Å²) in [5, 5.41) is 14.6. The van der Waals surface area contributed by atoms with Gasteiger partial charge in [0.1, 0.15) is 17.7 Å². The largest absolute Gasteiger partial charge is 0.357 e. The minimum absolute atomic E-state index is 0.0313. The molecule has 2 aliphatic rings. The highest BCUT2D eigenvalue weighted by atomic mass is 19.1. The Morgan fingerprint density at radius 1 is 1.12 bits per heavy atom. The van der Waals surface area contributed by atoms with Crippen LogP contribution in [0.25, 0.3) is 22.2 Å². The average Bonchev–Trinajstić information content (AvgIpc) is 3.18. The van der Waals surface area contributed by atoms with Gasteiger partial charge in [0.2, 0.25) is 0 Å². The fraction of sp³-hybridized carbons (Fsp3) is 0.250. The van der Waals surface area contributed by atoms with Crippen LogP contribution < -0.4 is 16.6 Å². The standard InChI is InChI=1S/C24H24FN7/c1-31-14-18-10-16(4-5-22(18)30-31)24-20(15-2-3-17(13-26)21(25)11-15)12-23(28-29-24)32-8-6-19(27)7-9-32/h2-5,10-12,14,19,28-29H,6-9,27H2,1H3. The minimum Gasteiger partial charge on any atom is -0.357 e. The summed E-state index contributed by atoms with van der Waals surface area (Å²) in [6, 6.07) is 12.9. The van der Waals surface area contributed by atoms with Crippen molar-refractivity contribution in [3.8, 4) is 6.07 Å². The van der Waals surface area contributed by atoms with E-state index >= 15 is 0 Å². The van der Waals surface area contributed by atoms with Crippen LogP contribution in [-0.4, -0.2) is 33.8 Å². The van der Waals surface area contributed by atoms with E-state index in [2.05, 4.69) is 26.9 Å². The first-order chi connectivity index (χ1) is 15.5. The molecule has 5 rings (SSSR count). The lowest BCUT2D eigenvalue weighted by molar-refractivity contribution is 0.245. The van der Waals surface area contributed by atoms with Gasteiger partial charge in [-0.1, -0.05) is 12.1 Å². The molecule has 0 radical (unpaired) electrons. The van der Waals surface area contributed by atoms with Crippen LogP contribution in [0.3, 0.4) is 0 Å². The molecule has 1 aromatic heterocycles. The number of nitriles is 1. The van der Waals surface area contributed by atoms with Gasteiger partial charge in [-0.05, 0) is 48.7 Å². The van der Waals surface area contributed by atoms with Crippen LogP contribution in [-0.2, 0) is 7.05 Å². The third-order valence-electron chi connectivity index (χ3n) is 6.05. The molecule has 1 saturated heterocycles. The molecule has 7 nitrogen and oxygen atoms in total. The molecule has 0 amide bonds. The molecule has 0 saturated carbocycles. The van der Waals surface area contributed by atoms with Crippen LogP contribution in [0.1, 0.15) is 29.5 Å². The zero-order chi connectivity index (χ0) is 22.2. The molecule has 3 heterocycles. The average molecular weight is 430 g/mol. The van der Waals surface area contributed by atoms with E-state index in [-0.39, 0.29) is 11.6 Å². The van der Waals surface area contributed by atoms with Gasteiger partial charge in [0, 0.05) is 48.9 Å². The number of allylic oxidation sites excluding steroid dienone is 2. The van der Waals surface area contributed by atoms with E-state index in [1.807, 2.05) is 37.5 Å². The highest BCUT2D eigenvalue weighted by Gasteiger charge is 2.23. The van der Waals surface area contributed by atoms with Crippen LogP contribution in [0.15, 0.2) is 54.5 Å². The summed E-state index contributed by atoms with van der Waals surface area (Å²) in [7, 11) is 1.89. The van der Waals surface area contributed by atoms with Crippen LogP contribution in [0, 0.1) is 17.1 Å². The number of benzene rings is 2. The number of nitrogens with two attached hydrogens (primary N) is 1. The molecule has 0 atom stereocenters. The number of aromatic nitrogens is 2. The molecule has 0 spiro atoms. The van der Waals surface area contributed by atoms with E-state index in [1.165, 1.54) is 12.1 Å². The van der Waals surface area contributed by atoms with Crippen molar-refractivity contribution in [2.45, 2.75) is 18.9 Å². The zero-order valence-electron chi connectivity index (χ0n) is 17.8. The summed E-state index contributed by atoms with van der Waals surface area (Å²) in [5.74, 6) is 0.389. The van der Waals surface area contributed by atoms with Crippen molar-refractivity contribution < 1.29 is 4.39 Å². The predicted molar refractivity (Wildman–Crippen MR) is 122 cm³/mol. The minimum atomic E-state index is -0.531. The second kappa shape index (κ2) is 8.02. The normalized spacial score (nSPS) is 17.1. The Bertz CT molecular complexity index is 1290. The van der Waals surface area contributed by atoms with E-state index in [0.717, 1.165) is 59.5 Å². The van der Waals surface area contributed by atoms with E-state index in [1.54, 1.807) is 10.7 Å². The molecule has 1 fully saturated rings. The van der Waals surface area contributed by atoms with Crippen molar-refractivity contribution in [1.82, 2.24) is 25.5 Å². The molecular weight excluding hydrogens is 405 g/mol. The maximum Gasteiger partial charge on any atom is 0.141 e. The van der Waals surface area contributed by atoms with Crippen molar-refractivity contribution in [2.24, 2.45) is 12.8 Å². The molecule has 0 unspecified atom stereocenters. The van der Waals surface area contributed by atoms with Crippen LogP contribution in [0.4, 0.5) is 4.39 Å². The van der Waals surface area contributed by atoms with Gasteiger partial charge in [-0.15, -0.1) is 0 Å². The number of fused-ring (bicyclic) bond motifs is 1. The molecule has 0 aliphatic carbocycles. The Hall–Kier alpha value is -3.83. The first-order valence-electron chi connectivity index (χ1n) is 10.6. The SMILES string of the molecule is Cn1cc2cc(C3=C(c4ccc(C#N)c(F)c4)C=C(N4CCC(N)CC4)NN3)ccc2n1. The lowest BCUT2D eigenvalue weighted by Crippen LogP contribution is -2.46. The van der Waals surface area contributed by atoms with Crippen LogP contribution >= 0.6 is 0 Å². The number of halogens is 1. The maximum atomic E-state index is 14.5. The first kappa shape index (κ1) is 20.1. The highest BCUT2D eigenvalue weighted by Crippen LogP contribution is 2.32. The van der Waals surface area contributed by atoms with E-state index in [9.17, 15) is 4.39 Å². The summed E-state index contributed by atoms with van der Waals surface area (Å²) < 4.78 is 16.3. The third kappa shape index (κ3) is 3.67. The Morgan fingerprint density at radius 3 is 2.66 bits per heavy atom. The number of piperidine rings is 1. The van der Waals surface area contributed by atoms with Gasteiger partial charge in [-0.3, -0.25) is 15.5 Å². The number of hydrogen-bond donors (Lipinski definition) is 3. The number of aryl methyl sites for hydroxylation is 1. The number of hydrogen-bond acceptors (Lipinski definition) is 6. The Labute approximate surface area is 185 Å². The maximum absolute atomic E-state index is 14.5. The van der Waals surface area contributed by atoms with E-state index in [0.29, 0.717) is 5.56 Å². The van der Waals surface area contributed by atoms with Crippen molar-refractivity contribution in [2.75, 3.05) is 13.1 Å². The first-order valence-corrected chi connectivity index (χ1v) is 10.6. The highest BCUT2D eigenvalue weighted by molar-refractivity contribution is 5.97. The quantitative estimate of drug-likeness (QED) is 0.593. The summed E-state index contributed by atoms with van der Waals surface area (Å²) >= 11 is 0. The molecule has 4 N–H and O–H groups in total. The number of hydrazine groups is 1. The number of likely N-dealkylation sites (tertiary alicyclic amines) is 1. The topological polar surface area (TPSA) is 94.9 Å². The van der Waals surface area contributed by atoms with Crippen LogP contribution in [0.5, 0.6) is 0 Å². The lowest BCUT2D eigenvalue weighted by Gasteiger charge is -2.36. The predicted octanol–water partition coefficient (Wildman–Crippen LogP) is 2.82. The van der Waals surface area contributed by atoms with Gasteiger partial charge in [-0.25, -0.2) is 4.39 Å². The molecule has 162 valence electrons. The van der Waals surface area contributed by atoms with E-state index < -0.39 is 5.82 Å². The van der Waals surface area contributed by atoms with Crippen LogP contribution in [0.2, 0.25) is 0 Å². The Morgan fingerprint density at radius 2 is 1.91 bits per heavy atom. The van der Waals surface area contributed by atoms with Gasteiger partial charge in [-0.2, -0.15) is 10.4 Å².